The first-order valence-corrected chi connectivity index (χ1v) is 9.63. The first kappa shape index (κ1) is 16.6. The number of halogens is 2. The van der Waals surface area contributed by atoms with Gasteiger partial charge in [-0.05, 0) is 37.1 Å². The van der Waals surface area contributed by atoms with Crippen LogP contribution in [0.15, 0.2) is 34.7 Å². The molecule has 2 aromatic heterocycles. The Morgan fingerprint density at radius 1 is 1.39 bits per heavy atom. The Bertz CT molecular complexity index is 797. The van der Waals surface area contributed by atoms with Gasteiger partial charge in [-0.25, -0.2) is 17.8 Å². The summed E-state index contributed by atoms with van der Waals surface area (Å²) in [5.74, 6) is -0.659. The fraction of sp³-hybridized carbons (Fsp3) is 0.357. The number of piperidine rings is 1. The van der Waals surface area contributed by atoms with Crippen LogP contribution in [-0.2, 0) is 10.0 Å². The number of sulfonamides is 1. The zero-order chi connectivity index (χ0) is 16.4. The predicted octanol–water partition coefficient (Wildman–Crippen LogP) is 3.17. The summed E-state index contributed by atoms with van der Waals surface area (Å²) >= 11 is 6.84. The van der Waals surface area contributed by atoms with Gasteiger partial charge >= 0.3 is 0 Å². The lowest BCUT2D eigenvalue weighted by Gasteiger charge is -2.31. The molecule has 1 atom stereocenters. The van der Waals surface area contributed by atoms with Crippen LogP contribution >= 0.6 is 22.9 Å². The summed E-state index contributed by atoms with van der Waals surface area (Å²) in [5.41, 5.74) is 0. The molecule has 0 aliphatic carbocycles. The van der Waals surface area contributed by atoms with Crippen LogP contribution in [0.3, 0.4) is 0 Å². The lowest BCUT2D eigenvalue weighted by atomic mass is 10.1. The molecular weight excluding hydrogens is 363 g/mol. The van der Waals surface area contributed by atoms with Crippen molar-refractivity contribution in [2.75, 3.05) is 13.1 Å². The minimum atomic E-state index is -3.60. The molecule has 1 saturated heterocycles. The molecule has 0 aromatic carbocycles. The van der Waals surface area contributed by atoms with Gasteiger partial charge in [0.1, 0.15) is 10.3 Å². The van der Waals surface area contributed by atoms with E-state index < -0.39 is 21.9 Å². The van der Waals surface area contributed by atoms with E-state index in [0.29, 0.717) is 23.7 Å². The van der Waals surface area contributed by atoms with Crippen molar-refractivity contribution >= 4 is 33.0 Å². The molecule has 124 valence electrons. The summed E-state index contributed by atoms with van der Waals surface area (Å²) in [4.78, 5) is 3.84. The van der Waals surface area contributed by atoms with Crippen molar-refractivity contribution in [1.82, 2.24) is 9.29 Å². The maximum absolute atomic E-state index is 13.6. The molecule has 5 nitrogen and oxygen atoms in total. The van der Waals surface area contributed by atoms with Gasteiger partial charge in [-0.15, -0.1) is 11.3 Å². The molecular formula is C14H14ClFN2O3S2. The molecule has 9 heteroatoms. The van der Waals surface area contributed by atoms with E-state index in [1.165, 1.54) is 28.7 Å². The third-order valence-corrected chi connectivity index (χ3v) is 7.05. The van der Waals surface area contributed by atoms with Crippen molar-refractivity contribution in [2.45, 2.75) is 23.2 Å². The third kappa shape index (κ3) is 3.65. The summed E-state index contributed by atoms with van der Waals surface area (Å²) < 4.78 is 46.3. The zero-order valence-electron chi connectivity index (χ0n) is 12.0. The van der Waals surface area contributed by atoms with Gasteiger partial charge in [0.05, 0.1) is 10.9 Å². The van der Waals surface area contributed by atoms with Crippen LogP contribution in [0.1, 0.15) is 12.8 Å². The summed E-state index contributed by atoms with van der Waals surface area (Å²) in [6.45, 7) is 0.566. The highest BCUT2D eigenvalue weighted by Gasteiger charge is 2.32. The number of ether oxygens (including phenoxy) is 1. The molecule has 1 aliphatic heterocycles. The van der Waals surface area contributed by atoms with Crippen LogP contribution in [0.25, 0.3) is 0 Å². The van der Waals surface area contributed by atoms with E-state index >= 15 is 0 Å². The maximum atomic E-state index is 13.6. The first-order chi connectivity index (χ1) is 11.0. The van der Waals surface area contributed by atoms with Gasteiger partial charge in [-0.2, -0.15) is 4.31 Å². The van der Waals surface area contributed by atoms with Crippen molar-refractivity contribution in [3.8, 4) is 5.88 Å². The number of rotatable bonds is 4. The Hall–Kier alpha value is -1.22. The second-order valence-electron chi connectivity index (χ2n) is 5.09. The second kappa shape index (κ2) is 6.72. The van der Waals surface area contributed by atoms with E-state index in [0.717, 1.165) is 11.3 Å². The molecule has 1 fully saturated rings. The van der Waals surface area contributed by atoms with Gasteiger partial charge in [-0.3, -0.25) is 0 Å². The minimum Gasteiger partial charge on any atom is -0.471 e. The Kier molecular flexibility index (Phi) is 4.86. The Morgan fingerprint density at radius 3 is 2.91 bits per heavy atom. The Morgan fingerprint density at radius 2 is 2.22 bits per heavy atom. The first-order valence-electron chi connectivity index (χ1n) is 6.99. The van der Waals surface area contributed by atoms with E-state index in [9.17, 15) is 12.8 Å². The molecule has 0 spiro atoms. The summed E-state index contributed by atoms with van der Waals surface area (Å²) in [6, 6.07) is 5.78. The average Bonchev–Trinajstić information content (AvgIpc) is 2.97. The number of thiophene rings is 1. The van der Waals surface area contributed by atoms with E-state index in [2.05, 4.69) is 4.98 Å². The topological polar surface area (TPSA) is 59.5 Å². The van der Waals surface area contributed by atoms with E-state index in [1.807, 2.05) is 0 Å². The number of pyridine rings is 1. The van der Waals surface area contributed by atoms with Gasteiger partial charge in [0.2, 0.25) is 0 Å². The minimum absolute atomic E-state index is 0.101. The molecule has 2 aromatic rings. The lowest BCUT2D eigenvalue weighted by Crippen LogP contribution is -2.44. The number of hydrogen-bond acceptors (Lipinski definition) is 5. The van der Waals surface area contributed by atoms with Crippen molar-refractivity contribution in [1.29, 1.82) is 0 Å². The smallest absolute Gasteiger partial charge is 0.252 e. The van der Waals surface area contributed by atoms with Gasteiger partial charge in [0.15, 0.2) is 5.82 Å². The predicted molar refractivity (Wildman–Crippen MR) is 85.9 cm³/mol. The van der Waals surface area contributed by atoms with Crippen LogP contribution in [0.2, 0.25) is 4.34 Å². The second-order valence-corrected chi connectivity index (χ2v) is 8.97. The van der Waals surface area contributed by atoms with Gasteiger partial charge < -0.3 is 4.74 Å². The normalized spacial score (nSPS) is 19.7. The van der Waals surface area contributed by atoms with E-state index in [4.69, 9.17) is 16.3 Å². The van der Waals surface area contributed by atoms with Crippen molar-refractivity contribution in [3.05, 3.63) is 40.6 Å². The van der Waals surface area contributed by atoms with Gasteiger partial charge in [0, 0.05) is 12.7 Å². The van der Waals surface area contributed by atoms with Crippen LogP contribution in [-0.4, -0.2) is 36.9 Å². The number of aromatic nitrogens is 1. The fourth-order valence-electron chi connectivity index (χ4n) is 2.40. The largest absolute Gasteiger partial charge is 0.471 e. The molecule has 3 heterocycles. The Labute approximate surface area is 142 Å². The zero-order valence-corrected chi connectivity index (χ0v) is 14.4. The molecule has 23 heavy (non-hydrogen) atoms. The average molecular weight is 377 g/mol. The SMILES string of the molecule is O=S(=O)(c1ccc(Cl)s1)N1CCCC(Oc2ncccc2F)C1. The quantitative estimate of drug-likeness (QED) is 0.822. The standard InChI is InChI=1S/C14H14ClFN2O3S2/c15-12-5-6-13(22-12)23(19,20)18-8-2-3-10(9-18)21-14-11(16)4-1-7-17-14/h1,4-7,10H,2-3,8-9H2. The molecule has 1 unspecified atom stereocenters. The highest BCUT2D eigenvalue weighted by atomic mass is 35.5. The lowest BCUT2D eigenvalue weighted by molar-refractivity contribution is 0.119. The fourth-order valence-corrected chi connectivity index (χ4v) is 5.55. The van der Waals surface area contributed by atoms with E-state index in [1.54, 1.807) is 6.07 Å². The van der Waals surface area contributed by atoms with Crippen LogP contribution in [0.4, 0.5) is 4.39 Å². The molecule has 0 radical (unpaired) electrons. The van der Waals surface area contributed by atoms with E-state index in [-0.39, 0.29) is 16.6 Å². The molecule has 0 amide bonds. The molecule has 1 aliphatic rings. The van der Waals surface area contributed by atoms with Crippen molar-refractivity contribution in [2.24, 2.45) is 0 Å². The molecule has 3 rings (SSSR count). The summed E-state index contributed by atoms with van der Waals surface area (Å²) in [6.07, 6.45) is 2.28. The summed E-state index contributed by atoms with van der Waals surface area (Å²) in [5, 5.41) is 0. The molecule has 0 bridgehead atoms. The highest BCUT2D eigenvalue weighted by Crippen LogP contribution is 2.30. The van der Waals surface area contributed by atoms with Crippen LogP contribution < -0.4 is 4.74 Å². The summed E-state index contributed by atoms with van der Waals surface area (Å²) in [7, 11) is -3.60. The van der Waals surface area contributed by atoms with Crippen molar-refractivity contribution < 1.29 is 17.5 Å². The third-order valence-electron chi connectivity index (χ3n) is 3.49. The Balaban J connectivity index is 1.75. The van der Waals surface area contributed by atoms with Crippen LogP contribution in [0, 0.1) is 5.82 Å². The monoisotopic (exact) mass is 376 g/mol. The number of hydrogen-bond donors (Lipinski definition) is 0. The molecule has 0 N–H and O–H groups in total. The van der Waals surface area contributed by atoms with Crippen molar-refractivity contribution in [3.63, 3.8) is 0 Å². The highest BCUT2D eigenvalue weighted by molar-refractivity contribution is 7.91. The van der Waals surface area contributed by atoms with Gasteiger partial charge in [0.25, 0.3) is 15.9 Å². The van der Waals surface area contributed by atoms with Gasteiger partial charge in [-0.1, -0.05) is 11.6 Å². The maximum Gasteiger partial charge on any atom is 0.252 e. The van der Waals surface area contributed by atoms with Crippen LogP contribution in [0.5, 0.6) is 5.88 Å². The molecule has 0 saturated carbocycles. The number of nitrogens with zero attached hydrogens (tertiary/aromatic N) is 2.